The quantitative estimate of drug-likeness (QED) is 0.0161. The van der Waals surface area contributed by atoms with Gasteiger partial charge in [0.05, 0.1) is 31.6 Å². The number of rotatable bonds is 27. The number of ether oxygens (including phenoxy) is 4. The first-order valence-electron chi connectivity index (χ1n) is 26.5. The molecule has 3 aliphatic rings. The van der Waals surface area contributed by atoms with Crippen LogP contribution in [-0.4, -0.2) is 161 Å². The summed E-state index contributed by atoms with van der Waals surface area (Å²) in [6, 6.07) is 12.1. The van der Waals surface area contributed by atoms with E-state index in [1.165, 1.54) is 48.4 Å². The van der Waals surface area contributed by atoms with Crippen LogP contribution in [0, 0.1) is 11.8 Å². The normalized spacial score (nSPS) is 21.5. The second-order valence-corrected chi connectivity index (χ2v) is 23.7. The maximum atomic E-state index is 14.0. The number of nitrogens with zero attached hydrogens (tertiary/aromatic N) is 7. The van der Waals surface area contributed by atoms with Gasteiger partial charge in [0.1, 0.15) is 56.0 Å². The summed E-state index contributed by atoms with van der Waals surface area (Å²) < 4.78 is 66.8. The van der Waals surface area contributed by atoms with E-state index in [9.17, 15) is 52.6 Å². The number of H-pyrrole nitrogens is 1. The summed E-state index contributed by atoms with van der Waals surface area (Å²) in [5, 5.41) is 21.9. The van der Waals surface area contributed by atoms with Crippen molar-refractivity contribution in [2.24, 2.45) is 11.8 Å². The monoisotopic (exact) mass is 1270 g/mol. The van der Waals surface area contributed by atoms with Crippen molar-refractivity contribution in [1.82, 2.24) is 49.9 Å². The molecule has 1 unspecified atom stereocenters. The molecular formula is C52H60N12O18P2S2. The van der Waals surface area contributed by atoms with Crippen LogP contribution in [0.5, 0.6) is 5.88 Å². The molecule has 1 saturated carbocycles. The maximum absolute atomic E-state index is 14.0. The van der Waals surface area contributed by atoms with Crippen molar-refractivity contribution in [3.8, 4) is 5.88 Å². The van der Waals surface area contributed by atoms with Crippen molar-refractivity contribution in [3.63, 3.8) is 0 Å². The number of nitrogens with one attached hydrogen (secondary N) is 5. The zero-order valence-electron chi connectivity index (χ0n) is 46.3. The van der Waals surface area contributed by atoms with Crippen LogP contribution in [0.3, 0.4) is 0 Å². The molecule has 2 fully saturated rings. The van der Waals surface area contributed by atoms with Crippen LogP contribution < -0.4 is 31.6 Å². The van der Waals surface area contributed by atoms with E-state index in [4.69, 9.17) is 32.5 Å². The average molecular weight is 1270 g/mol. The highest BCUT2D eigenvalue weighted by atomic mass is 32.7. The summed E-state index contributed by atoms with van der Waals surface area (Å²) in [6.07, 6.45) is -0.711. The lowest BCUT2D eigenvalue weighted by atomic mass is 10.0. The molecule has 1 aliphatic carbocycles. The van der Waals surface area contributed by atoms with E-state index in [2.05, 4.69) is 71.1 Å². The molecule has 0 radical (unpaired) electrons. The summed E-state index contributed by atoms with van der Waals surface area (Å²) in [7, 11) is 0.859. The number of aliphatic hydroxyl groups excluding tert-OH is 1. The van der Waals surface area contributed by atoms with Gasteiger partial charge in [-0.1, -0.05) is 56.4 Å². The van der Waals surface area contributed by atoms with Crippen LogP contribution >= 0.6 is 40.4 Å². The van der Waals surface area contributed by atoms with E-state index in [1.807, 2.05) is 0 Å². The number of amides is 7. The lowest BCUT2D eigenvalue weighted by Gasteiger charge is -2.26. The van der Waals surface area contributed by atoms with E-state index < -0.39 is 130 Å². The minimum atomic E-state index is -4.40. The Kier molecular flexibility index (Phi) is 21.9. The van der Waals surface area contributed by atoms with E-state index in [0.29, 0.717) is 35.5 Å². The first-order chi connectivity index (χ1) is 41.1. The van der Waals surface area contributed by atoms with Gasteiger partial charge in [0, 0.05) is 61.6 Å². The van der Waals surface area contributed by atoms with Gasteiger partial charge in [0.15, 0.2) is 17.4 Å². The SMILES string of the molecule is CC(C)C(NC(=O)CN1C(=O)C=CC1=O)C(=O)N[C@@H](C)C(=O)Nc1ccc(COC(=O)N(C)Cc2ccccc2C(=O)Nc2nc3c(ncn3[C@@H]3O[C@H](COCS)[C@@H](O)[C@H]3O[P@](=O)(S)OC[C@H]3C[C@@H](Oc4ccncn4)C[C@@H]3OP=O)c(=O)[nH]2)cc1. The van der Waals surface area contributed by atoms with Gasteiger partial charge in [-0.15, -0.1) is 0 Å². The molecule has 5 aromatic rings. The van der Waals surface area contributed by atoms with Crippen molar-refractivity contribution in [3.05, 3.63) is 113 Å². The molecule has 0 spiro atoms. The molecule has 2 aliphatic heterocycles. The molecular weight excluding hydrogens is 1210 g/mol. The number of thiol groups is 2. The molecule has 0 bridgehead atoms. The minimum Gasteiger partial charge on any atom is -0.474 e. The van der Waals surface area contributed by atoms with Gasteiger partial charge >= 0.3 is 21.6 Å². The number of hydrogen-bond acceptors (Lipinski definition) is 23. The number of aromatic amines is 1. The maximum Gasteiger partial charge on any atom is 0.410 e. The van der Waals surface area contributed by atoms with Gasteiger partial charge in [0.2, 0.25) is 29.5 Å². The smallest absolute Gasteiger partial charge is 0.410 e. The third-order valence-electron chi connectivity index (χ3n) is 13.7. The highest BCUT2D eigenvalue weighted by Gasteiger charge is 2.50. The first-order valence-corrected chi connectivity index (χ1v) is 30.5. The van der Waals surface area contributed by atoms with Crippen LogP contribution in [0.15, 0.2) is 90.4 Å². The summed E-state index contributed by atoms with van der Waals surface area (Å²) in [4.78, 5) is 124. The molecule has 8 rings (SSSR count). The second kappa shape index (κ2) is 29.3. The van der Waals surface area contributed by atoms with Gasteiger partial charge in [-0.2, -0.15) is 17.6 Å². The highest BCUT2D eigenvalue weighted by molar-refractivity contribution is 8.44. The Morgan fingerprint density at radius 3 is 2.41 bits per heavy atom. The van der Waals surface area contributed by atoms with Crippen LogP contribution in [-0.2, 0) is 74.0 Å². The first kappa shape index (κ1) is 64.5. The number of carbonyl (C=O) groups is 7. The zero-order valence-corrected chi connectivity index (χ0v) is 49.9. The Morgan fingerprint density at radius 2 is 1.71 bits per heavy atom. The molecule has 2 aromatic carbocycles. The summed E-state index contributed by atoms with van der Waals surface area (Å²) in [5.41, 5.74) is 0.211. The molecule has 30 nitrogen and oxygen atoms in total. The molecule has 1 saturated heterocycles. The number of benzene rings is 2. The molecule has 3 aromatic heterocycles. The average Bonchev–Trinajstić information content (AvgIpc) is 2.38. The number of hydrogen-bond donors (Lipinski definition) is 8. The minimum absolute atomic E-state index is 0.0518. The molecule has 5 heterocycles. The van der Waals surface area contributed by atoms with Gasteiger partial charge in [-0.3, -0.25) is 62.4 Å². The Labute approximate surface area is 502 Å². The predicted molar refractivity (Wildman–Crippen MR) is 308 cm³/mol. The summed E-state index contributed by atoms with van der Waals surface area (Å²) in [6.45, 7) is -0.953. The fraction of sp³-hybridized carbons (Fsp3) is 0.423. The number of aromatic nitrogens is 6. The topological polar surface area (TPSA) is 382 Å². The van der Waals surface area contributed by atoms with Gasteiger partial charge in [0.25, 0.3) is 23.3 Å². The molecule has 86 heavy (non-hydrogen) atoms. The molecule has 7 amide bonds. The number of carbonyl (C=O) groups excluding carboxylic acids is 7. The van der Waals surface area contributed by atoms with Crippen molar-refractivity contribution in [1.29, 1.82) is 0 Å². The number of anilines is 2. The number of imidazole rings is 1. The summed E-state index contributed by atoms with van der Waals surface area (Å²) in [5.74, 6) is -5.03. The number of fused-ring (bicyclic) bond motifs is 1. The molecule has 34 heteroatoms. The summed E-state index contributed by atoms with van der Waals surface area (Å²) >= 11 is 8.30. The highest BCUT2D eigenvalue weighted by Crippen LogP contribution is 2.57. The standard InChI is InChI=1S/C52H60N12O18P2S2/c1-27(2)41(58-37(65)20-63-39(66)13-14-40(63)67)48(71)56-28(3)46(69)57-32-11-9-29(10-12-32)21-77-52(73)62(4)19-30-7-5-6-8-34(30)47(70)60-51-59-45-42(49(72)61-51)55-25-64(45)50-44(43(68)36(80-50)23-76-26-85)82-84(75,86)78-22-31-17-33(18-35(31)81-83-74)79-38-15-16-53-24-54-38/h5-16,24-25,27-28,31,33,35-36,41,43-44,50,68,85H,17-23,26H2,1-4H3,(H,56,71)(H,57,69)(H,58,65)(H,75,86)(H2,59,60,61,70,72)/t28-,31+,33+,35-,36+,41?,43+,44+,50+,84+/m0/s1. The van der Waals surface area contributed by atoms with Crippen LogP contribution in [0.2, 0.25) is 0 Å². The van der Waals surface area contributed by atoms with Crippen LogP contribution in [0.4, 0.5) is 16.4 Å². The predicted octanol–water partition coefficient (Wildman–Crippen LogP) is 3.49. The Bertz CT molecular complexity index is 3440. The second-order valence-electron chi connectivity index (χ2n) is 20.2. The van der Waals surface area contributed by atoms with Crippen molar-refractivity contribution in [2.45, 2.75) is 95.6 Å². The largest absolute Gasteiger partial charge is 0.474 e. The van der Waals surface area contributed by atoms with E-state index in [0.717, 1.165) is 17.1 Å². The van der Waals surface area contributed by atoms with Crippen LogP contribution in [0.1, 0.15) is 61.3 Å². The fourth-order valence-electron chi connectivity index (χ4n) is 9.34. The van der Waals surface area contributed by atoms with Crippen molar-refractivity contribution < 1.29 is 80.3 Å². The van der Waals surface area contributed by atoms with Crippen molar-refractivity contribution >= 4 is 105 Å². The fourth-order valence-corrected chi connectivity index (χ4v) is 11.3. The van der Waals surface area contributed by atoms with Gasteiger partial charge < -0.3 is 49.4 Å². The third kappa shape index (κ3) is 16.5. The number of aliphatic hydroxyl groups is 1. The Hall–Kier alpha value is -7.51. The zero-order chi connectivity index (χ0) is 61.8. The Balaban J connectivity index is 0.855. The Morgan fingerprint density at radius 1 is 0.965 bits per heavy atom. The molecule has 6 N–H and O–H groups in total. The number of imide groups is 1. The van der Waals surface area contributed by atoms with E-state index >= 15 is 0 Å². The molecule has 458 valence electrons. The third-order valence-corrected chi connectivity index (χ3v) is 15.9. The van der Waals surface area contributed by atoms with Crippen LogP contribution in [0.25, 0.3) is 11.2 Å². The van der Waals surface area contributed by atoms with Gasteiger partial charge in [-0.25, -0.2) is 28.9 Å². The van der Waals surface area contributed by atoms with Crippen molar-refractivity contribution in [2.75, 3.05) is 43.4 Å². The lowest BCUT2D eigenvalue weighted by Crippen LogP contribution is -2.55. The molecule has 10 atom stereocenters. The lowest BCUT2D eigenvalue weighted by molar-refractivity contribution is -0.141. The van der Waals surface area contributed by atoms with E-state index in [1.54, 1.807) is 62.4 Å². The van der Waals surface area contributed by atoms with E-state index in [-0.39, 0.29) is 55.0 Å². The van der Waals surface area contributed by atoms with Gasteiger partial charge in [-0.05, 0) is 48.6 Å².